The van der Waals surface area contributed by atoms with E-state index in [0.717, 1.165) is 18.8 Å². The number of hydrogen-bond donors (Lipinski definition) is 1. The molecule has 0 aliphatic rings. The second kappa shape index (κ2) is 5.16. The van der Waals surface area contributed by atoms with Crippen LogP contribution >= 0.6 is 0 Å². The summed E-state index contributed by atoms with van der Waals surface area (Å²) in [4.78, 5) is 11.5. The van der Waals surface area contributed by atoms with Crippen LogP contribution in [-0.2, 0) is 6.42 Å². The van der Waals surface area contributed by atoms with Crippen molar-refractivity contribution in [1.82, 2.24) is 15.0 Å². The minimum Gasteiger partial charge on any atom is -0.354 e. The Morgan fingerprint density at radius 1 is 1.12 bits per heavy atom. The third kappa shape index (κ3) is 2.98. The number of rotatable bonds is 4. The van der Waals surface area contributed by atoms with Crippen LogP contribution in [-0.4, -0.2) is 21.5 Å². The molecule has 2 aromatic heterocycles. The molecule has 0 unspecified atom stereocenters. The summed E-state index contributed by atoms with van der Waals surface area (Å²) in [7, 11) is 0. The van der Waals surface area contributed by atoms with Gasteiger partial charge in [0.2, 0.25) is 5.95 Å². The van der Waals surface area contributed by atoms with Gasteiger partial charge in [-0.05, 0) is 24.1 Å². The van der Waals surface area contributed by atoms with Crippen LogP contribution in [0.4, 0.5) is 10.3 Å². The van der Waals surface area contributed by atoms with Crippen molar-refractivity contribution in [1.29, 1.82) is 0 Å². The Morgan fingerprint density at radius 3 is 2.50 bits per heavy atom. The van der Waals surface area contributed by atoms with E-state index in [4.69, 9.17) is 0 Å². The van der Waals surface area contributed by atoms with Crippen molar-refractivity contribution in [2.45, 2.75) is 6.42 Å². The molecule has 16 heavy (non-hydrogen) atoms. The predicted octanol–water partition coefficient (Wildman–Crippen LogP) is 1.67. The first kappa shape index (κ1) is 10.5. The zero-order valence-corrected chi connectivity index (χ0v) is 8.60. The van der Waals surface area contributed by atoms with Gasteiger partial charge >= 0.3 is 0 Å². The van der Waals surface area contributed by atoms with Crippen LogP contribution in [0.5, 0.6) is 0 Å². The molecule has 5 heteroatoms. The van der Waals surface area contributed by atoms with Crippen molar-refractivity contribution in [3.05, 3.63) is 48.3 Å². The number of nitrogens with one attached hydrogen (secondary N) is 1. The Labute approximate surface area is 92.6 Å². The van der Waals surface area contributed by atoms with E-state index in [-0.39, 0.29) is 0 Å². The number of halogens is 1. The van der Waals surface area contributed by atoms with Gasteiger partial charge in [-0.2, -0.15) is 0 Å². The van der Waals surface area contributed by atoms with Crippen LogP contribution < -0.4 is 5.32 Å². The van der Waals surface area contributed by atoms with Crippen molar-refractivity contribution in [3.63, 3.8) is 0 Å². The van der Waals surface area contributed by atoms with Crippen LogP contribution in [0.15, 0.2) is 36.9 Å². The third-order valence-electron chi connectivity index (χ3n) is 2.07. The highest BCUT2D eigenvalue weighted by molar-refractivity contribution is 5.23. The topological polar surface area (TPSA) is 50.7 Å². The summed E-state index contributed by atoms with van der Waals surface area (Å²) in [5, 5.41) is 3.01. The SMILES string of the molecule is Fc1cnc(NCCc2ccncc2)nc1. The molecule has 2 aromatic rings. The highest BCUT2D eigenvalue weighted by Crippen LogP contribution is 2.00. The van der Waals surface area contributed by atoms with Gasteiger partial charge in [-0.25, -0.2) is 14.4 Å². The number of pyridine rings is 1. The molecule has 0 saturated carbocycles. The van der Waals surface area contributed by atoms with Crippen LogP contribution in [0, 0.1) is 5.82 Å². The molecule has 0 saturated heterocycles. The Hall–Kier alpha value is -2.04. The van der Waals surface area contributed by atoms with Gasteiger partial charge in [-0.1, -0.05) is 0 Å². The van der Waals surface area contributed by atoms with Gasteiger partial charge in [0.05, 0.1) is 12.4 Å². The molecule has 0 aliphatic carbocycles. The monoisotopic (exact) mass is 218 g/mol. The van der Waals surface area contributed by atoms with Gasteiger partial charge in [0.15, 0.2) is 5.82 Å². The van der Waals surface area contributed by atoms with Crippen molar-refractivity contribution in [2.75, 3.05) is 11.9 Å². The molecule has 2 rings (SSSR count). The molecule has 4 nitrogen and oxygen atoms in total. The maximum Gasteiger partial charge on any atom is 0.222 e. The molecule has 2 heterocycles. The first-order valence-electron chi connectivity index (χ1n) is 4.95. The van der Waals surface area contributed by atoms with Crippen LogP contribution in [0.3, 0.4) is 0 Å². The third-order valence-corrected chi connectivity index (χ3v) is 2.07. The molecule has 1 N–H and O–H groups in total. The zero-order valence-electron chi connectivity index (χ0n) is 8.60. The quantitative estimate of drug-likeness (QED) is 0.848. The molecule has 0 amide bonds. The van der Waals surface area contributed by atoms with Crippen molar-refractivity contribution < 1.29 is 4.39 Å². The number of hydrogen-bond acceptors (Lipinski definition) is 4. The molecule has 0 aliphatic heterocycles. The van der Waals surface area contributed by atoms with E-state index in [9.17, 15) is 4.39 Å². The van der Waals surface area contributed by atoms with Gasteiger partial charge in [-0.3, -0.25) is 4.98 Å². The van der Waals surface area contributed by atoms with E-state index in [2.05, 4.69) is 20.3 Å². The molecule has 0 spiro atoms. The van der Waals surface area contributed by atoms with Crippen molar-refractivity contribution >= 4 is 5.95 Å². The maximum atomic E-state index is 12.5. The highest BCUT2D eigenvalue weighted by atomic mass is 19.1. The predicted molar refractivity (Wildman–Crippen MR) is 58.4 cm³/mol. The fourth-order valence-corrected chi connectivity index (χ4v) is 1.27. The lowest BCUT2D eigenvalue weighted by molar-refractivity contribution is 0.614. The molecular weight excluding hydrogens is 207 g/mol. The van der Waals surface area contributed by atoms with E-state index in [0.29, 0.717) is 12.5 Å². The Kier molecular flexibility index (Phi) is 3.38. The minimum atomic E-state index is -0.431. The standard InChI is InChI=1S/C11H11FN4/c12-10-7-15-11(16-8-10)14-6-3-9-1-4-13-5-2-9/h1-2,4-5,7-8H,3,6H2,(H,14,15,16). The Balaban J connectivity index is 1.82. The molecule has 0 radical (unpaired) electrons. The second-order valence-electron chi connectivity index (χ2n) is 3.26. The summed E-state index contributed by atoms with van der Waals surface area (Å²) < 4.78 is 12.5. The van der Waals surface area contributed by atoms with E-state index in [1.165, 1.54) is 5.56 Å². The van der Waals surface area contributed by atoms with E-state index >= 15 is 0 Å². The first-order valence-corrected chi connectivity index (χ1v) is 4.95. The van der Waals surface area contributed by atoms with E-state index in [1.54, 1.807) is 12.4 Å². The lowest BCUT2D eigenvalue weighted by Crippen LogP contribution is -2.07. The normalized spacial score (nSPS) is 10.1. The summed E-state index contributed by atoms with van der Waals surface area (Å²) in [5.74, 6) is 0.00939. The largest absolute Gasteiger partial charge is 0.354 e. The fourth-order valence-electron chi connectivity index (χ4n) is 1.27. The smallest absolute Gasteiger partial charge is 0.222 e. The van der Waals surface area contributed by atoms with Gasteiger partial charge in [0.1, 0.15) is 0 Å². The Morgan fingerprint density at radius 2 is 1.81 bits per heavy atom. The molecule has 0 bridgehead atoms. The molecule has 0 aromatic carbocycles. The average Bonchev–Trinajstić information content (AvgIpc) is 2.33. The maximum absolute atomic E-state index is 12.5. The summed E-state index contributed by atoms with van der Waals surface area (Å²) >= 11 is 0. The van der Waals surface area contributed by atoms with Gasteiger partial charge < -0.3 is 5.32 Å². The molecule has 82 valence electrons. The molecular formula is C11H11FN4. The number of aromatic nitrogens is 3. The van der Waals surface area contributed by atoms with Crippen molar-refractivity contribution in [3.8, 4) is 0 Å². The molecule has 0 fully saturated rings. The minimum absolute atomic E-state index is 0.431. The van der Waals surface area contributed by atoms with E-state index < -0.39 is 5.82 Å². The van der Waals surface area contributed by atoms with Gasteiger partial charge in [0, 0.05) is 18.9 Å². The van der Waals surface area contributed by atoms with Crippen LogP contribution in [0.1, 0.15) is 5.56 Å². The summed E-state index contributed by atoms with van der Waals surface area (Å²) in [6.07, 6.45) is 6.64. The van der Waals surface area contributed by atoms with Crippen LogP contribution in [0.25, 0.3) is 0 Å². The Bertz CT molecular complexity index is 429. The van der Waals surface area contributed by atoms with Gasteiger partial charge in [0.25, 0.3) is 0 Å². The van der Waals surface area contributed by atoms with Crippen LogP contribution in [0.2, 0.25) is 0 Å². The average molecular weight is 218 g/mol. The summed E-state index contributed by atoms with van der Waals surface area (Å²) in [6.45, 7) is 0.704. The lowest BCUT2D eigenvalue weighted by Gasteiger charge is -2.03. The summed E-state index contributed by atoms with van der Waals surface area (Å²) in [6, 6.07) is 3.90. The van der Waals surface area contributed by atoms with Crippen molar-refractivity contribution in [2.24, 2.45) is 0 Å². The second-order valence-corrected chi connectivity index (χ2v) is 3.26. The molecule has 0 atom stereocenters. The summed E-state index contributed by atoms with van der Waals surface area (Å²) in [5.41, 5.74) is 1.18. The first-order chi connectivity index (χ1) is 7.84. The van der Waals surface area contributed by atoms with Gasteiger partial charge in [-0.15, -0.1) is 0 Å². The highest BCUT2D eigenvalue weighted by Gasteiger charge is 1.96. The zero-order chi connectivity index (χ0) is 11.2. The lowest BCUT2D eigenvalue weighted by atomic mass is 10.2. The number of anilines is 1. The number of nitrogens with zero attached hydrogens (tertiary/aromatic N) is 3. The fraction of sp³-hybridized carbons (Fsp3) is 0.182. The van der Waals surface area contributed by atoms with E-state index in [1.807, 2.05) is 12.1 Å².